The lowest BCUT2D eigenvalue weighted by atomic mass is 10.2. The molecular formula is C15H23N3O3. The first kappa shape index (κ1) is 15.8. The molecule has 21 heavy (non-hydrogen) atoms. The molecular weight excluding hydrogens is 270 g/mol. The molecule has 6 nitrogen and oxygen atoms in total. The van der Waals surface area contributed by atoms with Crippen molar-refractivity contribution in [2.45, 2.75) is 26.2 Å². The normalized spacial score (nSPS) is 13.0. The number of nitrogens with one attached hydrogen (secondary N) is 1. The van der Waals surface area contributed by atoms with Gasteiger partial charge < -0.3 is 18.5 Å². The van der Waals surface area contributed by atoms with Crippen molar-refractivity contribution in [2.24, 2.45) is 7.05 Å². The third kappa shape index (κ3) is 4.17. The molecule has 0 aliphatic carbocycles. The number of hydrogen-bond acceptors (Lipinski definition) is 5. The molecule has 0 aliphatic rings. The van der Waals surface area contributed by atoms with Crippen LogP contribution in [0.5, 0.6) is 0 Å². The van der Waals surface area contributed by atoms with Gasteiger partial charge in [-0.1, -0.05) is 0 Å². The molecule has 0 aliphatic heterocycles. The van der Waals surface area contributed by atoms with Crippen molar-refractivity contribution in [1.82, 2.24) is 14.9 Å². The van der Waals surface area contributed by atoms with E-state index in [4.69, 9.17) is 13.9 Å². The molecule has 0 saturated carbocycles. The van der Waals surface area contributed by atoms with E-state index in [0.29, 0.717) is 19.8 Å². The second-order valence-electron chi connectivity index (χ2n) is 4.59. The largest absolute Gasteiger partial charge is 0.467 e. The number of aryl methyl sites for hydroxylation is 1. The summed E-state index contributed by atoms with van der Waals surface area (Å²) in [7, 11) is 1.96. The molecule has 0 radical (unpaired) electrons. The highest BCUT2D eigenvalue weighted by Gasteiger charge is 2.22. The van der Waals surface area contributed by atoms with Crippen molar-refractivity contribution in [3.8, 4) is 0 Å². The quantitative estimate of drug-likeness (QED) is 0.717. The summed E-state index contributed by atoms with van der Waals surface area (Å²) in [6.07, 6.45) is 5.07. The van der Waals surface area contributed by atoms with E-state index in [-0.39, 0.29) is 12.3 Å². The maximum atomic E-state index is 5.56. The molecule has 116 valence electrons. The van der Waals surface area contributed by atoms with E-state index >= 15 is 0 Å². The van der Waals surface area contributed by atoms with Crippen LogP contribution < -0.4 is 5.32 Å². The summed E-state index contributed by atoms with van der Waals surface area (Å²) in [6.45, 7) is 5.68. The first-order chi connectivity index (χ1) is 10.3. The summed E-state index contributed by atoms with van der Waals surface area (Å²) >= 11 is 0. The Kier molecular flexibility index (Phi) is 5.98. The van der Waals surface area contributed by atoms with Gasteiger partial charge in [-0.3, -0.25) is 5.32 Å². The highest BCUT2D eigenvalue weighted by molar-refractivity contribution is 5.15. The van der Waals surface area contributed by atoms with Crippen molar-refractivity contribution in [1.29, 1.82) is 0 Å². The van der Waals surface area contributed by atoms with Gasteiger partial charge in [-0.2, -0.15) is 0 Å². The summed E-state index contributed by atoms with van der Waals surface area (Å²) in [5.41, 5.74) is 0. The van der Waals surface area contributed by atoms with Crippen LogP contribution in [-0.4, -0.2) is 35.6 Å². The van der Waals surface area contributed by atoms with Gasteiger partial charge in [0.05, 0.1) is 6.26 Å². The van der Waals surface area contributed by atoms with Crippen LogP contribution in [0.25, 0.3) is 0 Å². The van der Waals surface area contributed by atoms with Crippen LogP contribution in [-0.2, 0) is 16.5 Å². The molecule has 1 atom stereocenters. The molecule has 0 spiro atoms. The van der Waals surface area contributed by atoms with Gasteiger partial charge in [0.25, 0.3) is 0 Å². The molecule has 0 amide bonds. The van der Waals surface area contributed by atoms with E-state index in [1.165, 1.54) is 0 Å². The molecule has 0 fully saturated rings. The predicted molar refractivity (Wildman–Crippen MR) is 78.8 cm³/mol. The Bertz CT molecular complexity index is 504. The highest BCUT2D eigenvalue weighted by Crippen LogP contribution is 2.20. The fourth-order valence-electron chi connectivity index (χ4n) is 2.18. The van der Waals surface area contributed by atoms with Crippen LogP contribution in [0.4, 0.5) is 0 Å². The SMILES string of the molecule is CCOC(CNC(c1ccco1)c1nccn1C)OCC. The monoisotopic (exact) mass is 293 g/mol. The number of rotatable bonds is 9. The average Bonchev–Trinajstić information content (AvgIpc) is 3.12. The van der Waals surface area contributed by atoms with Crippen LogP contribution in [0.15, 0.2) is 35.2 Å². The minimum absolute atomic E-state index is 0.136. The van der Waals surface area contributed by atoms with Crippen LogP contribution in [0.2, 0.25) is 0 Å². The second-order valence-corrected chi connectivity index (χ2v) is 4.59. The maximum absolute atomic E-state index is 5.56. The Morgan fingerprint density at radius 2 is 2.10 bits per heavy atom. The minimum Gasteiger partial charge on any atom is -0.467 e. The zero-order valence-corrected chi connectivity index (χ0v) is 12.8. The molecule has 0 aromatic carbocycles. The fraction of sp³-hybridized carbons (Fsp3) is 0.533. The van der Waals surface area contributed by atoms with E-state index in [1.807, 2.05) is 43.8 Å². The van der Waals surface area contributed by atoms with Crippen molar-refractivity contribution < 1.29 is 13.9 Å². The Morgan fingerprint density at radius 3 is 2.62 bits per heavy atom. The first-order valence-corrected chi connectivity index (χ1v) is 7.23. The summed E-state index contributed by atoms with van der Waals surface area (Å²) < 4.78 is 18.6. The number of furan rings is 1. The van der Waals surface area contributed by atoms with Crippen LogP contribution in [0, 0.1) is 0 Å². The molecule has 2 rings (SSSR count). The number of aromatic nitrogens is 2. The Hall–Kier alpha value is -1.63. The van der Waals surface area contributed by atoms with E-state index in [1.54, 1.807) is 12.5 Å². The highest BCUT2D eigenvalue weighted by atomic mass is 16.7. The smallest absolute Gasteiger partial charge is 0.169 e. The molecule has 0 bridgehead atoms. The molecule has 6 heteroatoms. The van der Waals surface area contributed by atoms with E-state index in [0.717, 1.165) is 11.6 Å². The lowest BCUT2D eigenvalue weighted by Gasteiger charge is -2.21. The fourth-order valence-corrected chi connectivity index (χ4v) is 2.18. The number of nitrogens with zero attached hydrogens (tertiary/aromatic N) is 2. The molecule has 2 heterocycles. The molecule has 0 saturated heterocycles. The van der Waals surface area contributed by atoms with E-state index in [9.17, 15) is 0 Å². The van der Waals surface area contributed by atoms with Gasteiger partial charge in [0.15, 0.2) is 6.29 Å². The van der Waals surface area contributed by atoms with Crippen molar-refractivity contribution in [3.63, 3.8) is 0 Å². The Balaban J connectivity index is 2.08. The van der Waals surface area contributed by atoms with Crippen molar-refractivity contribution in [2.75, 3.05) is 19.8 Å². The maximum Gasteiger partial charge on any atom is 0.169 e. The predicted octanol–water partition coefficient (Wildman–Crippen LogP) is 2.09. The standard InChI is InChI=1S/C15H23N3O3/c1-4-19-13(20-5-2)11-17-14(12-7-6-10-21-12)15-16-8-9-18(15)3/h6-10,13-14,17H,4-5,11H2,1-3H3. The minimum atomic E-state index is -0.280. The van der Waals surface area contributed by atoms with E-state index < -0.39 is 0 Å². The third-order valence-electron chi connectivity index (χ3n) is 3.14. The zero-order chi connectivity index (χ0) is 15.1. The van der Waals surface area contributed by atoms with Crippen LogP contribution >= 0.6 is 0 Å². The average molecular weight is 293 g/mol. The number of imidazole rings is 1. The Labute approximate surface area is 125 Å². The van der Waals surface area contributed by atoms with Gasteiger partial charge in [0.1, 0.15) is 17.6 Å². The lowest BCUT2D eigenvalue weighted by molar-refractivity contribution is -0.133. The van der Waals surface area contributed by atoms with Gasteiger partial charge in [-0.05, 0) is 26.0 Å². The lowest BCUT2D eigenvalue weighted by Crippen LogP contribution is -2.35. The van der Waals surface area contributed by atoms with Crippen molar-refractivity contribution in [3.05, 3.63) is 42.4 Å². The van der Waals surface area contributed by atoms with Crippen LogP contribution in [0.3, 0.4) is 0 Å². The Morgan fingerprint density at radius 1 is 1.33 bits per heavy atom. The van der Waals surface area contributed by atoms with Gasteiger partial charge >= 0.3 is 0 Å². The summed E-state index contributed by atoms with van der Waals surface area (Å²) in [5, 5.41) is 3.41. The van der Waals surface area contributed by atoms with Gasteiger partial charge in [0, 0.05) is 39.2 Å². The topological polar surface area (TPSA) is 61.5 Å². The summed E-state index contributed by atoms with van der Waals surface area (Å²) in [5.74, 6) is 1.70. The first-order valence-electron chi connectivity index (χ1n) is 7.23. The van der Waals surface area contributed by atoms with Gasteiger partial charge in [-0.15, -0.1) is 0 Å². The summed E-state index contributed by atoms with van der Waals surface area (Å²) in [6, 6.07) is 3.67. The van der Waals surface area contributed by atoms with Crippen LogP contribution in [0.1, 0.15) is 31.5 Å². The van der Waals surface area contributed by atoms with Gasteiger partial charge in [-0.25, -0.2) is 4.98 Å². The number of hydrogen-bond donors (Lipinski definition) is 1. The van der Waals surface area contributed by atoms with E-state index in [2.05, 4.69) is 10.3 Å². The zero-order valence-electron chi connectivity index (χ0n) is 12.8. The molecule has 2 aromatic rings. The molecule has 1 N–H and O–H groups in total. The number of ether oxygens (including phenoxy) is 2. The molecule has 2 aromatic heterocycles. The van der Waals surface area contributed by atoms with Gasteiger partial charge in [0.2, 0.25) is 0 Å². The van der Waals surface area contributed by atoms with Crippen molar-refractivity contribution >= 4 is 0 Å². The summed E-state index contributed by atoms with van der Waals surface area (Å²) in [4.78, 5) is 4.40. The second kappa shape index (κ2) is 7.97. The third-order valence-corrected chi connectivity index (χ3v) is 3.14. The molecule has 1 unspecified atom stereocenters.